The second-order valence-corrected chi connectivity index (χ2v) is 5.20. The first-order valence-corrected chi connectivity index (χ1v) is 7.18. The molecule has 0 fully saturated rings. The third-order valence-electron chi connectivity index (χ3n) is 3.20. The number of aromatic amines is 1. The van der Waals surface area contributed by atoms with E-state index in [1.165, 1.54) is 0 Å². The SMILES string of the molecule is COc1ccccc1Oc1nc(C)[nH]c1-c1ccc(Cl)cc1. The molecule has 1 heterocycles. The molecule has 0 aliphatic carbocycles. The largest absolute Gasteiger partial charge is 0.493 e. The van der Waals surface area contributed by atoms with Crippen molar-refractivity contribution in [1.82, 2.24) is 9.97 Å². The lowest BCUT2D eigenvalue weighted by Crippen LogP contribution is -1.91. The van der Waals surface area contributed by atoms with Crippen molar-refractivity contribution in [2.75, 3.05) is 7.11 Å². The highest BCUT2D eigenvalue weighted by molar-refractivity contribution is 6.30. The van der Waals surface area contributed by atoms with Gasteiger partial charge in [0, 0.05) is 10.6 Å². The molecule has 0 atom stereocenters. The lowest BCUT2D eigenvalue weighted by Gasteiger charge is -2.09. The molecule has 22 heavy (non-hydrogen) atoms. The Hall–Kier alpha value is -2.46. The molecular weight excluding hydrogens is 300 g/mol. The zero-order valence-electron chi connectivity index (χ0n) is 12.3. The molecule has 0 bridgehead atoms. The summed E-state index contributed by atoms with van der Waals surface area (Å²) < 4.78 is 11.2. The number of hydrogen-bond donors (Lipinski definition) is 1. The first kappa shape index (κ1) is 14.5. The minimum atomic E-state index is 0.504. The first-order chi connectivity index (χ1) is 10.7. The van der Waals surface area contributed by atoms with Gasteiger partial charge in [0.2, 0.25) is 5.88 Å². The number of benzene rings is 2. The topological polar surface area (TPSA) is 47.1 Å². The van der Waals surface area contributed by atoms with Crippen molar-refractivity contribution in [3.05, 3.63) is 59.4 Å². The van der Waals surface area contributed by atoms with E-state index < -0.39 is 0 Å². The van der Waals surface area contributed by atoms with Crippen LogP contribution in [-0.4, -0.2) is 17.1 Å². The molecule has 0 unspecified atom stereocenters. The maximum Gasteiger partial charge on any atom is 0.245 e. The zero-order chi connectivity index (χ0) is 15.5. The summed E-state index contributed by atoms with van der Waals surface area (Å²) in [6.45, 7) is 1.88. The summed E-state index contributed by atoms with van der Waals surface area (Å²) in [7, 11) is 1.61. The predicted octanol–water partition coefficient (Wildman–Crippen LogP) is 4.84. The highest BCUT2D eigenvalue weighted by Gasteiger charge is 2.14. The van der Waals surface area contributed by atoms with Crippen molar-refractivity contribution in [3.63, 3.8) is 0 Å². The molecule has 0 amide bonds. The number of ether oxygens (including phenoxy) is 2. The third kappa shape index (κ3) is 2.92. The number of methoxy groups -OCH3 is 1. The quantitative estimate of drug-likeness (QED) is 0.749. The molecule has 1 aromatic heterocycles. The molecular formula is C17H15ClN2O2. The summed E-state index contributed by atoms with van der Waals surface area (Å²) in [5.74, 6) is 2.55. The van der Waals surface area contributed by atoms with Gasteiger partial charge in [-0.05, 0) is 31.2 Å². The lowest BCUT2D eigenvalue weighted by atomic mass is 10.2. The minimum Gasteiger partial charge on any atom is -0.493 e. The van der Waals surface area contributed by atoms with Gasteiger partial charge in [-0.15, -0.1) is 0 Å². The number of imidazole rings is 1. The van der Waals surface area contributed by atoms with E-state index in [0.29, 0.717) is 22.4 Å². The highest BCUT2D eigenvalue weighted by atomic mass is 35.5. The number of halogens is 1. The van der Waals surface area contributed by atoms with Crippen LogP contribution in [0.25, 0.3) is 11.3 Å². The average molecular weight is 315 g/mol. The number of rotatable bonds is 4. The summed E-state index contributed by atoms with van der Waals surface area (Å²) in [5.41, 5.74) is 1.76. The van der Waals surface area contributed by atoms with Crippen molar-refractivity contribution < 1.29 is 9.47 Å². The van der Waals surface area contributed by atoms with Crippen molar-refractivity contribution in [2.24, 2.45) is 0 Å². The van der Waals surface area contributed by atoms with E-state index >= 15 is 0 Å². The Morgan fingerprint density at radius 2 is 1.68 bits per heavy atom. The maximum atomic E-state index is 5.94. The molecule has 0 spiro atoms. The monoisotopic (exact) mass is 314 g/mol. The van der Waals surface area contributed by atoms with Crippen LogP contribution < -0.4 is 9.47 Å². The van der Waals surface area contributed by atoms with Crippen molar-refractivity contribution in [2.45, 2.75) is 6.92 Å². The summed E-state index contributed by atoms with van der Waals surface area (Å²) >= 11 is 5.94. The van der Waals surface area contributed by atoms with E-state index in [0.717, 1.165) is 17.1 Å². The Morgan fingerprint density at radius 1 is 1.00 bits per heavy atom. The van der Waals surface area contributed by atoms with Gasteiger partial charge in [-0.1, -0.05) is 35.9 Å². The molecule has 0 saturated heterocycles. The highest BCUT2D eigenvalue weighted by Crippen LogP contribution is 2.35. The molecule has 1 N–H and O–H groups in total. The van der Waals surface area contributed by atoms with E-state index in [1.54, 1.807) is 7.11 Å². The van der Waals surface area contributed by atoms with Crippen LogP contribution in [0.5, 0.6) is 17.4 Å². The molecule has 5 heteroatoms. The van der Waals surface area contributed by atoms with Crippen molar-refractivity contribution in [1.29, 1.82) is 0 Å². The number of hydrogen-bond acceptors (Lipinski definition) is 3. The summed E-state index contributed by atoms with van der Waals surface area (Å²) in [5, 5.41) is 0.687. The van der Waals surface area contributed by atoms with Gasteiger partial charge in [-0.3, -0.25) is 0 Å². The van der Waals surface area contributed by atoms with Crippen LogP contribution in [0.1, 0.15) is 5.82 Å². The van der Waals surface area contributed by atoms with Gasteiger partial charge in [-0.25, -0.2) is 0 Å². The van der Waals surface area contributed by atoms with E-state index in [4.69, 9.17) is 21.1 Å². The fraction of sp³-hybridized carbons (Fsp3) is 0.118. The Balaban J connectivity index is 1.99. The van der Waals surface area contributed by atoms with Crippen LogP contribution in [0.3, 0.4) is 0 Å². The van der Waals surface area contributed by atoms with E-state index in [9.17, 15) is 0 Å². The van der Waals surface area contributed by atoms with Crippen molar-refractivity contribution >= 4 is 11.6 Å². The Morgan fingerprint density at radius 3 is 2.36 bits per heavy atom. The van der Waals surface area contributed by atoms with Crippen LogP contribution in [0.2, 0.25) is 5.02 Å². The number of para-hydroxylation sites is 2. The Kier molecular flexibility index (Phi) is 4.02. The molecule has 112 valence electrons. The summed E-state index contributed by atoms with van der Waals surface area (Å²) in [6, 6.07) is 15.0. The van der Waals surface area contributed by atoms with E-state index in [1.807, 2.05) is 55.5 Å². The summed E-state index contributed by atoms with van der Waals surface area (Å²) in [6.07, 6.45) is 0. The standard InChI is InChI=1S/C17H15ClN2O2/c1-11-19-16(12-7-9-13(18)10-8-12)17(20-11)22-15-6-4-3-5-14(15)21-2/h3-10H,1-2H3,(H,19,20). The van der Waals surface area contributed by atoms with Crippen LogP contribution in [0.15, 0.2) is 48.5 Å². The minimum absolute atomic E-state index is 0.504. The smallest absolute Gasteiger partial charge is 0.245 e. The molecule has 3 aromatic rings. The molecule has 0 aliphatic rings. The van der Waals surface area contributed by atoms with Gasteiger partial charge in [0.05, 0.1) is 7.11 Å². The van der Waals surface area contributed by atoms with Crippen LogP contribution >= 0.6 is 11.6 Å². The lowest BCUT2D eigenvalue weighted by molar-refractivity contribution is 0.375. The van der Waals surface area contributed by atoms with Gasteiger partial charge >= 0.3 is 0 Å². The summed E-state index contributed by atoms with van der Waals surface area (Å²) in [4.78, 5) is 7.63. The van der Waals surface area contributed by atoms with Gasteiger partial charge in [-0.2, -0.15) is 4.98 Å². The first-order valence-electron chi connectivity index (χ1n) is 6.81. The molecule has 2 aromatic carbocycles. The molecule has 0 saturated carbocycles. The number of H-pyrrole nitrogens is 1. The van der Waals surface area contributed by atoms with E-state index in [2.05, 4.69) is 9.97 Å². The second-order valence-electron chi connectivity index (χ2n) is 4.76. The van der Waals surface area contributed by atoms with Gasteiger partial charge in [0.25, 0.3) is 0 Å². The molecule has 3 rings (SSSR count). The number of nitrogens with one attached hydrogen (secondary N) is 1. The van der Waals surface area contributed by atoms with Crippen LogP contribution in [0.4, 0.5) is 0 Å². The molecule has 0 radical (unpaired) electrons. The van der Waals surface area contributed by atoms with Crippen molar-refractivity contribution in [3.8, 4) is 28.6 Å². The molecule has 0 aliphatic heterocycles. The van der Waals surface area contributed by atoms with E-state index in [-0.39, 0.29) is 0 Å². The van der Waals surface area contributed by atoms with Crippen LogP contribution in [0, 0.1) is 6.92 Å². The Labute approximate surface area is 133 Å². The maximum absolute atomic E-state index is 5.94. The van der Waals surface area contributed by atoms with Gasteiger partial charge in [0.15, 0.2) is 11.5 Å². The average Bonchev–Trinajstić information content (AvgIpc) is 2.89. The van der Waals surface area contributed by atoms with Gasteiger partial charge < -0.3 is 14.5 Å². The number of nitrogens with zero attached hydrogens (tertiary/aromatic N) is 1. The normalized spacial score (nSPS) is 10.5. The zero-order valence-corrected chi connectivity index (χ0v) is 13.0. The number of aromatic nitrogens is 2. The third-order valence-corrected chi connectivity index (χ3v) is 3.45. The fourth-order valence-electron chi connectivity index (χ4n) is 2.16. The number of aryl methyl sites for hydroxylation is 1. The molecule has 4 nitrogen and oxygen atoms in total. The predicted molar refractivity (Wildman–Crippen MR) is 86.8 cm³/mol. The van der Waals surface area contributed by atoms with Gasteiger partial charge in [0.1, 0.15) is 11.5 Å². The fourth-order valence-corrected chi connectivity index (χ4v) is 2.29. The van der Waals surface area contributed by atoms with Crippen LogP contribution in [-0.2, 0) is 0 Å². The Bertz CT molecular complexity index is 782. The second kappa shape index (κ2) is 6.12.